The number of fused-ring (bicyclic) bond motifs is 1. The van der Waals surface area contributed by atoms with E-state index < -0.39 is 16.8 Å². The summed E-state index contributed by atoms with van der Waals surface area (Å²) in [7, 11) is -0.688. The van der Waals surface area contributed by atoms with Crippen molar-refractivity contribution in [3.63, 3.8) is 0 Å². The van der Waals surface area contributed by atoms with Gasteiger partial charge in [0.05, 0.1) is 0 Å². The van der Waals surface area contributed by atoms with E-state index in [9.17, 15) is 14.1 Å². The molecule has 5 nitrogen and oxygen atoms in total. The lowest BCUT2D eigenvalue weighted by atomic mass is 10.1. The van der Waals surface area contributed by atoms with Crippen LogP contribution in [0.15, 0.2) is 28.7 Å². The molecule has 6 heteroatoms. The van der Waals surface area contributed by atoms with Gasteiger partial charge >= 0.3 is 5.97 Å². The van der Waals surface area contributed by atoms with Gasteiger partial charge in [-0.2, -0.15) is 0 Å². The average molecular weight is 307 g/mol. The smallest absolute Gasteiger partial charge is 0.372 e. The first-order valence-corrected chi connectivity index (χ1v) is 8.46. The lowest BCUT2D eigenvalue weighted by Gasteiger charge is -2.22. The first-order valence-electron chi connectivity index (χ1n) is 6.97. The molecule has 3 rings (SSSR count). The van der Waals surface area contributed by atoms with E-state index in [0.717, 1.165) is 29.7 Å². The molecule has 0 saturated carbocycles. The van der Waals surface area contributed by atoms with Crippen LogP contribution in [-0.4, -0.2) is 32.8 Å². The predicted octanol–water partition coefficient (Wildman–Crippen LogP) is 2.13. The van der Waals surface area contributed by atoms with Gasteiger partial charge in [-0.15, -0.1) is 0 Å². The van der Waals surface area contributed by atoms with E-state index in [2.05, 4.69) is 5.32 Å². The van der Waals surface area contributed by atoms with E-state index in [1.54, 1.807) is 6.07 Å². The average Bonchev–Trinajstić information content (AvgIpc) is 2.86. The van der Waals surface area contributed by atoms with Crippen molar-refractivity contribution in [1.82, 2.24) is 5.32 Å². The van der Waals surface area contributed by atoms with Gasteiger partial charge in [0.2, 0.25) is 5.76 Å². The quantitative estimate of drug-likeness (QED) is 0.904. The van der Waals surface area contributed by atoms with Crippen LogP contribution < -0.4 is 5.32 Å². The fourth-order valence-electron chi connectivity index (χ4n) is 2.69. The topological polar surface area (TPSA) is 79.5 Å². The second kappa shape index (κ2) is 5.99. The number of benzene rings is 1. The van der Waals surface area contributed by atoms with Gasteiger partial charge in [0, 0.05) is 45.8 Å². The lowest BCUT2D eigenvalue weighted by Crippen LogP contribution is -2.35. The molecule has 0 aliphatic carbocycles. The molecule has 0 radical (unpaired) electrons. The van der Waals surface area contributed by atoms with Crippen molar-refractivity contribution < 1.29 is 18.5 Å². The molecule has 1 aliphatic heterocycles. The highest BCUT2D eigenvalue weighted by molar-refractivity contribution is 7.85. The van der Waals surface area contributed by atoms with E-state index in [1.165, 1.54) is 0 Å². The number of furan rings is 1. The first-order chi connectivity index (χ1) is 10.1. The minimum atomic E-state index is -1.05. The number of para-hydroxylation sites is 1. The summed E-state index contributed by atoms with van der Waals surface area (Å²) >= 11 is 0. The van der Waals surface area contributed by atoms with Crippen molar-refractivity contribution in [3.8, 4) is 0 Å². The summed E-state index contributed by atoms with van der Waals surface area (Å²) < 4.78 is 16.8. The Morgan fingerprint density at radius 3 is 2.76 bits per heavy atom. The monoisotopic (exact) mass is 307 g/mol. The van der Waals surface area contributed by atoms with Crippen LogP contribution in [0.2, 0.25) is 0 Å². The standard InChI is InChI=1S/C15H17NO4S/c17-15(18)14-12(11-3-1-2-4-13(11)20-14)9-16-10-5-7-21(19)8-6-10/h1-4,10,16H,5-9H2,(H,17,18). The Balaban J connectivity index is 1.80. The van der Waals surface area contributed by atoms with Gasteiger partial charge in [-0.05, 0) is 18.9 Å². The maximum Gasteiger partial charge on any atom is 0.372 e. The number of hydrogen-bond donors (Lipinski definition) is 2. The van der Waals surface area contributed by atoms with Gasteiger partial charge in [-0.3, -0.25) is 4.21 Å². The molecule has 0 unspecified atom stereocenters. The molecule has 2 heterocycles. The van der Waals surface area contributed by atoms with Gasteiger partial charge in [0.25, 0.3) is 0 Å². The third kappa shape index (κ3) is 3.01. The number of carboxylic acids is 1. The minimum absolute atomic E-state index is 0.00286. The predicted molar refractivity (Wildman–Crippen MR) is 80.9 cm³/mol. The Kier molecular flexibility index (Phi) is 4.07. The fraction of sp³-hybridized carbons (Fsp3) is 0.400. The third-order valence-corrected chi connectivity index (χ3v) is 5.23. The normalized spacial score (nSPS) is 22.5. The van der Waals surface area contributed by atoms with Gasteiger partial charge in [0.1, 0.15) is 5.58 Å². The third-order valence-electron chi connectivity index (χ3n) is 3.85. The molecule has 1 aliphatic rings. The van der Waals surface area contributed by atoms with E-state index in [-0.39, 0.29) is 11.8 Å². The molecule has 2 N–H and O–H groups in total. The number of aromatic carboxylic acids is 1. The van der Waals surface area contributed by atoms with Gasteiger partial charge in [0.15, 0.2) is 0 Å². The second-order valence-corrected chi connectivity index (χ2v) is 6.91. The van der Waals surface area contributed by atoms with Crippen molar-refractivity contribution >= 4 is 27.7 Å². The van der Waals surface area contributed by atoms with Gasteiger partial charge < -0.3 is 14.8 Å². The molecular weight excluding hydrogens is 290 g/mol. The van der Waals surface area contributed by atoms with E-state index in [1.807, 2.05) is 18.2 Å². The Bertz CT molecular complexity index is 684. The fourth-order valence-corrected chi connectivity index (χ4v) is 3.99. The van der Waals surface area contributed by atoms with Crippen molar-refractivity contribution in [3.05, 3.63) is 35.6 Å². The second-order valence-electron chi connectivity index (χ2n) is 5.21. The zero-order valence-electron chi connectivity index (χ0n) is 11.5. The molecule has 0 spiro atoms. The summed E-state index contributed by atoms with van der Waals surface area (Å²) in [6.45, 7) is 0.454. The van der Waals surface area contributed by atoms with E-state index >= 15 is 0 Å². The van der Waals surface area contributed by atoms with Crippen LogP contribution in [0.3, 0.4) is 0 Å². The molecular formula is C15H17NO4S. The maximum absolute atomic E-state index is 11.4. The molecule has 0 amide bonds. The molecule has 1 aromatic carbocycles. The van der Waals surface area contributed by atoms with Crippen LogP contribution >= 0.6 is 0 Å². The highest BCUT2D eigenvalue weighted by Gasteiger charge is 2.22. The molecule has 0 atom stereocenters. The first kappa shape index (κ1) is 14.3. The number of nitrogens with one attached hydrogen (secondary N) is 1. The molecule has 2 aromatic rings. The van der Waals surface area contributed by atoms with Crippen LogP contribution in [-0.2, 0) is 17.3 Å². The number of hydrogen-bond acceptors (Lipinski definition) is 4. The number of rotatable bonds is 4. The summed E-state index contributed by atoms with van der Waals surface area (Å²) in [5.41, 5.74) is 1.28. The Morgan fingerprint density at radius 2 is 2.05 bits per heavy atom. The van der Waals surface area contributed by atoms with E-state index in [4.69, 9.17) is 4.42 Å². The van der Waals surface area contributed by atoms with Gasteiger partial charge in [-0.25, -0.2) is 4.79 Å². The Hall–Kier alpha value is -1.66. The van der Waals surface area contributed by atoms with E-state index in [0.29, 0.717) is 17.7 Å². The van der Waals surface area contributed by atoms with Crippen molar-refractivity contribution in [1.29, 1.82) is 0 Å². The highest BCUT2D eigenvalue weighted by Crippen LogP contribution is 2.26. The van der Waals surface area contributed by atoms with Crippen molar-refractivity contribution in [2.75, 3.05) is 11.5 Å². The Morgan fingerprint density at radius 1 is 1.33 bits per heavy atom. The van der Waals surface area contributed by atoms with Crippen LogP contribution in [0, 0.1) is 0 Å². The Labute approximate surface area is 124 Å². The highest BCUT2D eigenvalue weighted by atomic mass is 32.2. The van der Waals surface area contributed by atoms with Crippen LogP contribution in [0.5, 0.6) is 0 Å². The minimum Gasteiger partial charge on any atom is -0.475 e. The SMILES string of the molecule is O=C(O)c1oc2ccccc2c1CNC1CCS(=O)CC1. The number of carbonyl (C=O) groups is 1. The molecule has 112 valence electrons. The summed E-state index contributed by atoms with van der Waals surface area (Å²) in [5, 5.41) is 13.5. The van der Waals surface area contributed by atoms with Crippen LogP contribution in [0.1, 0.15) is 29.0 Å². The van der Waals surface area contributed by atoms with Crippen molar-refractivity contribution in [2.24, 2.45) is 0 Å². The molecule has 1 aromatic heterocycles. The zero-order chi connectivity index (χ0) is 14.8. The molecule has 0 bridgehead atoms. The van der Waals surface area contributed by atoms with Crippen molar-refractivity contribution in [2.45, 2.75) is 25.4 Å². The number of carboxylic acid groups (broad SMARTS) is 1. The van der Waals surface area contributed by atoms with Gasteiger partial charge in [-0.1, -0.05) is 18.2 Å². The summed E-state index contributed by atoms with van der Waals surface area (Å²) in [5.74, 6) is 0.390. The molecule has 21 heavy (non-hydrogen) atoms. The summed E-state index contributed by atoms with van der Waals surface area (Å²) in [6, 6.07) is 7.63. The van der Waals surface area contributed by atoms with Crippen LogP contribution in [0.4, 0.5) is 0 Å². The molecule has 1 saturated heterocycles. The lowest BCUT2D eigenvalue weighted by molar-refractivity contribution is 0.0663. The van der Waals surface area contributed by atoms with Crippen LogP contribution in [0.25, 0.3) is 11.0 Å². The largest absolute Gasteiger partial charge is 0.475 e. The molecule has 1 fully saturated rings. The maximum atomic E-state index is 11.4. The summed E-state index contributed by atoms with van der Waals surface area (Å²) in [4.78, 5) is 11.3. The summed E-state index contributed by atoms with van der Waals surface area (Å²) in [6.07, 6.45) is 1.73. The zero-order valence-corrected chi connectivity index (χ0v) is 12.3.